The lowest BCUT2D eigenvalue weighted by atomic mass is 9.90. The molecule has 1 saturated heterocycles. The van der Waals surface area contributed by atoms with Crippen LogP contribution >= 0.6 is 0 Å². The molecule has 0 bridgehead atoms. The summed E-state index contributed by atoms with van der Waals surface area (Å²) in [6, 6.07) is 8.47. The van der Waals surface area contributed by atoms with Crippen molar-refractivity contribution in [3.63, 3.8) is 0 Å². The highest BCUT2D eigenvalue weighted by Crippen LogP contribution is 2.33. The number of hydrogen-bond acceptors (Lipinski definition) is 2. The highest BCUT2D eigenvalue weighted by Gasteiger charge is 2.46. The van der Waals surface area contributed by atoms with E-state index < -0.39 is 17.6 Å². The van der Waals surface area contributed by atoms with Crippen molar-refractivity contribution in [1.29, 1.82) is 0 Å². The molecule has 1 N–H and O–H groups in total. The Morgan fingerprint density at radius 2 is 1.67 bits per heavy atom. The van der Waals surface area contributed by atoms with Gasteiger partial charge in [-0.2, -0.15) is 0 Å². The third kappa shape index (κ3) is 2.94. The predicted octanol–water partition coefficient (Wildman–Crippen LogP) is 2.51. The molecule has 1 heterocycles. The Bertz CT molecular complexity index is 531. The van der Waals surface area contributed by atoms with Crippen LogP contribution in [-0.4, -0.2) is 28.3 Å². The number of benzene rings is 1. The van der Waals surface area contributed by atoms with E-state index >= 15 is 0 Å². The molecule has 0 spiro atoms. The molecule has 21 heavy (non-hydrogen) atoms. The fourth-order valence-electron chi connectivity index (χ4n) is 2.79. The molecule has 0 radical (unpaired) electrons. The topological polar surface area (TPSA) is 49.4 Å². The van der Waals surface area contributed by atoms with Crippen LogP contribution in [0.5, 0.6) is 0 Å². The molecule has 114 valence electrons. The normalized spacial score (nSPS) is 23.4. The maximum Gasteiger partial charge on any atom is 0.248 e. The predicted molar refractivity (Wildman–Crippen MR) is 82.6 cm³/mol. The highest BCUT2D eigenvalue weighted by atomic mass is 16.2. The van der Waals surface area contributed by atoms with E-state index in [1.165, 1.54) is 0 Å². The van der Waals surface area contributed by atoms with Gasteiger partial charge in [-0.05, 0) is 32.3 Å². The zero-order valence-electron chi connectivity index (χ0n) is 13.4. The van der Waals surface area contributed by atoms with E-state index in [9.17, 15) is 9.59 Å². The Balaban J connectivity index is 2.48. The van der Waals surface area contributed by atoms with Crippen molar-refractivity contribution in [3.8, 4) is 0 Å². The van der Waals surface area contributed by atoms with Crippen LogP contribution in [0.1, 0.15) is 46.2 Å². The Kier molecular flexibility index (Phi) is 4.08. The summed E-state index contributed by atoms with van der Waals surface area (Å²) < 4.78 is 0. The van der Waals surface area contributed by atoms with Gasteiger partial charge in [0.05, 0.1) is 0 Å². The van der Waals surface area contributed by atoms with Gasteiger partial charge in [-0.1, -0.05) is 44.2 Å². The lowest BCUT2D eigenvalue weighted by Gasteiger charge is -2.47. The molecule has 2 amide bonds. The van der Waals surface area contributed by atoms with Crippen LogP contribution in [0.2, 0.25) is 0 Å². The minimum Gasteiger partial charge on any atom is -0.342 e. The molecule has 2 atom stereocenters. The number of hydrogen-bond donors (Lipinski definition) is 1. The van der Waals surface area contributed by atoms with Crippen LogP contribution in [0.3, 0.4) is 0 Å². The zero-order chi connectivity index (χ0) is 15.8. The van der Waals surface area contributed by atoms with Crippen molar-refractivity contribution in [2.45, 2.75) is 52.2 Å². The van der Waals surface area contributed by atoms with E-state index in [2.05, 4.69) is 5.32 Å². The first-order chi connectivity index (χ1) is 9.73. The van der Waals surface area contributed by atoms with Crippen LogP contribution in [0.4, 0.5) is 0 Å². The molecule has 4 heteroatoms. The molecule has 1 aromatic carbocycles. The van der Waals surface area contributed by atoms with Gasteiger partial charge in [0, 0.05) is 5.54 Å². The smallest absolute Gasteiger partial charge is 0.248 e. The van der Waals surface area contributed by atoms with Gasteiger partial charge in [-0.3, -0.25) is 9.59 Å². The van der Waals surface area contributed by atoms with Gasteiger partial charge in [0.1, 0.15) is 12.1 Å². The molecule has 1 aliphatic rings. The van der Waals surface area contributed by atoms with Gasteiger partial charge in [0.25, 0.3) is 0 Å². The van der Waals surface area contributed by atoms with Crippen molar-refractivity contribution >= 4 is 11.8 Å². The summed E-state index contributed by atoms with van der Waals surface area (Å²) in [6.45, 7) is 9.81. The van der Waals surface area contributed by atoms with Crippen molar-refractivity contribution < 1.29 is 9.59 Å². The summed E-state index contributed by atoms with van der Waals surface area (Å²) in [5.41, 5.74) is 0.433. The second-order valence-corrected chi connectivity index (χ2v) is 6.92. The number of carbonyl (C=O) groups is 2. The van der Waals surface area contributed by atoms with Gasteiger partial charge in [-0.25, -0.2) is 0 Å². The molecule has 1 aromatic rings. The molecule has 0 saturated carbocycles. The number of nitrogens with zero attached hydrogens (tertiary/aromatic N) is 1. The number of amides is 2. The summed E-state index contributed by atoms with van der Waals surface area (Å²) in [5, 5.41) is 2.89. The van der Waals surface area contributed by atoms with E-state index in [1.54, 1.807) is 4.90 Å². The molecule has 1 fully saturated rings. The minimum atomic E-state index is -0.561. The third-order valence-electron chi connectivity index (χ3n) is 3.81. The van der Waals surface area contributed by atoms with E-state index in [-0.39, 0.29) is 17.7 Å². The lowest BCUT2D eigenvalue weighted by molar-refractivity contribution is -0.157. The molecule has 0 aromatic heterocycles. The molecular weight excluding hydrogens is 264 g/mol. The maximum atomic E-state index is 12.9. The number of carbonyl (C=O) groups excluding carboxylic acids is 2. The van der Waals surface area contributed by atoms with Crippen LogP contribution in [-0.2, 0) is 9.59 Å². The summed E-state index contributed by atoms with van der Waals surface area (Å²) in [4.78, 5) is 27.2. The lowest BCUT2D eigenvalue weighted by Crippen LogP contribution is -2.65. The molecule has 1 aliphatic heterocycles. The van der Waals surface area contributed by atoms with E-state index in [0.29, 0.717) is 0 Å². The molecule has 2 unspecified atom stereocenters. The zero-order valence-corrected chi connectivity index (χ0v) is 13.4. The Morgan fingerprint density at radius 1 is 1.10 bits per heavy atom. The van der Waals surface area contributed by atoms with Gasteiger partial charge in [-0.15, -0.1) is 0 Å². The molecule has 0 aliphatic carbocycles. The summed E-state index contributed by atoms with van der Waals surface area (Å²) in [5.74, 6) is -0.0385. The SMILES string of the molecule is CC(C)C1NC(=O)C(c2ccccc2)N(C(C)(C)C)C1=O. The number of nitrogens with one attached hydrogen (secondary N) is 1. The Labute approximate surface area is 126 Å². The summed E-state index contributed by atoms with van der Waals surface area (Å²) in [6.07, 6.45) is 0. The van der Waals surface area contributed by atoms with E-state index in [1.807, 2.05) is 65.0 Å². The van der Waals surface area contributed by atoms with Crippen LogP contribution in [0, 0.1) is 5.92 Å². The Hall–Kier alpha value is -1.84. The van der Waals surface area contributed by atoms with Crippen LogP contribution < -0.4 is 5.32 Å². The molecular formula is C17H24N2O2. The number of piperazine rings is 1. The average Bonchev–Trinajstić information content (AvgIpc) is 2.39. The van der Waals surface area contributed by atoms with Crippen LogP contribution in [0.25, 0.3) is 0 Å². The van der Waals surface area contributed by atoms with Gasteiger partial charge >= 0.3 is 0 Å². The molecule has 4 nitrogen and oxygen atoms in total. The maximum absolute atomic E-state index is 12.9. The van der Waals surface area contributed by atoms with E-state index in [4.69, 9.17) is 0 Å². The molecule has 2 rings (SSSR count). The quantitative estimate of drug-likeness (QED) is 0.909. The first-order valence-corrected chi connectivity index (χ1v) is 7.42. The second-order valence-electron chi connectivity index (χ2n) is 6.92. The Morgan fingerprint density at radius 3 is 2.14 bits per heavy atom. The van der Waals surface area contributed by atoms with Gasteiger partial charge < -0.3 is 10.2 Å². The first kappa shape index (κ1) is 15.5. The van der Waals surface area contributed by atoms with Gasteiger partial charge in [0.15, 0.2) is 0 Å². The van der Waals surface area contributed by atoms with Crippen molar-refractivity contribution in [1.82, 2.24) is 10.2 Å². The minimum absolute atomic E-state index is 0.00838. The first-order valence-electron chi connectivity index (χ1n) is 7.42. The largest absolute Gasteiger partial charge is 0.342 e. The standard InChI is InChI=1S/C17H24N2O2/c1-11(2)13-16(21)19(17(3,4)5)14(15(20)18-13)12-9-7-6-8-10-12/h6-11,13-14H,1-5H3,(H,18,20). The van der Waals surface area contributed by atoms with Gasteiger partial charge in [0.2, 0.25) is 11.8 Å². The van der Waals surface area contributed by atoms with Crippen molar-refractivity contribution in [3.05, 3.63) is 35.9 Å². The van der Waals surface area contributed by atoms with E-state index in [0.717, 1.165) is 5.56 Å². The van der Waals surface area contributed by atoms with Crippen molar-refractivity contribution in [2.24, 2.45) is 5.92 Å². The number of rotatable bonds is 2. The highest BCUT2D eigenvalue weighted by molar-refractivity contribution is 5.98. The fraction of sp³-hybridized carbons (Fsp3) is 0.529. The average molecular weight is 288 g/mol. The monoisotopic (exact) mass is 288 g/mol. The van der Waals surface area contributed by atoms with Crippen molar-refractivity contribution in [2.75, 3.05) is 0 Å². The third-order valence-corrected chi connectivity index (χ3v) is 3.81. The summed E-state index contributed by atoms with van der Waals surface area (Å²) in [7, 11) is 0. The fourth-order valence-corrected chi connectivity index (χ4v) is 2.79. The van der Waals surface area contributed by atoms with Crippen LogP contribution in [0.15, 0.2) is 30.3 Å². The summed E-state index contributed by atoms with van der Waals surface area (Å²) >= 11 is 0. The second kappa shape index (κ2) is 5.51.